The summed E-state index contributed by atoms with van der Waals surface area (Å²) in [6.45, 7) is 7.95. The Labute approximate surface area is 251 Å². The molecule has 0 aliphatic carbocycles. The molecule has 230 valence electrons. The van der Waals surface area contributed by atoms with Crippen molar-refractivity contribution < 1.29 is 13.9 Å². The summed E-state index contributed by atoms with van der Waals surface area (Å²) in [6, 6.07) is 12.4. The van der Waals surface area contributed by atoms with Crippen LogP contribution in [0.1, 0.15) is 153 Å². The van der Waals surface area contributed by atoms with Crippen molar-refractivity contribution in [2.24, 2.45) is 5.92 Å². The molecule has 41 heavy (non-hydrogen) atoms. The van der Waals surface area contributed by atoms with E-state index < -0.39 is 6.17 Å². The molecular formula is C37H58FNO2. The van der Waals surface area contributed by atoms with Crippen LogP contribution in [0.25, 0.3) is 11.3 Å². The maximum Gasteiger partial charge on any atom is 0.185 e. The summed E-state index contributed by atoms with van der Waals surface area (Å²) >= 11 is 0. The molecule has 2 heterocycles. The lowest BCUT2D eigenvalue weighted by molar-refractivity contribution is -0.206. The van der Waals surface area contributed by atoms with Crippen molar-refractivity contribution >= 4 is 0 Å². The van der Waals surface area contributed by atoms with Crippen LogP contribution < -0.4 is 0 Å². The van der Waals surface area contributed by atoms with Gasteiger partial charge in [-0.15, -0.1) is 0 Å². The van der Waals surface area contributed by atoms with Crippen LogP contribution in [0, 0.1) is 5.92 Å². The van der Waals surface area contributed by atoms with E-state index >= 15 is 4.39 Å². The molecule has 0 saturated carbocycles. The molecule has 0 spiro atoms. The lowest BCUT2D eigenvalue weighted by Gasteiger charge is -2.29. The zero-order valence-corrected chi connectivity index (χ0v) is 26.4. The van der Waals surface area contributed by atoms with Crippen LogP contribution in [-0.4, -0.2) is 24.4 Å². The third-order valence-electron chi connectivity index (χ3n) is 8.82. The number of alkyl halides is 1. The lowest BCUT2D eigenvalue weighted by atomic mass is 9.84. The predicted molar refractivity (Wildman–Crippen MR) is 171 cm³/mol. The molecule has 2 aromatic rings. The van der Waals surface area contributed by atoms with Crippen LogP contribution in [0.15, 0.2) is 42.6 Å². The molecule has 1 aliphatic heterocycles. The molecule has 0 amide bonds. The minimum Gasteiger partial charge on any atom is -0.348 e. The number of pyridine rings is 1. The molecule has 4 heteroatoms. The van der Waals surface area contributed by atoms with E-state index in [1.807, 2.05) is 31.3 Å². The van der Waals surface area contributed by atoms with Crippen LogP contribution in [-0.2, 0) is 9.47 Å². The number of halogens is 1. The molecule has 1 aromatic carbocycles. The van der Waals surface area contributed by atoms with Gasteiger partial charge in [-0.3, -0.25) is 4.98 Å². The first kappa shape index (κ1) is 33.7. The van der Waals surface area contributed by atoms with E-state index in [2.05, 4.69) is 32.0 Å². The van der Waals surface area contributed by atoms with Gasteiger partial charge in [-0.1, -0.05) is 141 Å². The Morgan fingerprint density at radius 3 is 1.98 bits per heavy atom. The van der Waals surface area contributed by atoms with Crippen LogP contribution in [0.5, 0.6) is 0 Å². The number of rotatable bonds is 21. The van der Waals surface area contributed by atoms with E-state index in [1.165, 1.54) is 89.9 Å². The minimum atomic E-state index is -0.839. The number of unbranched alkanes of at least 4 members (excludes halogenated alkanes) is 12. The van der Waals surface area contributed by atoms with Crippen LogP contribution in [0.4, 0.5) is 4.39 Å². The molecule has 0 N–H and O–H groups in total. The summed E-state index contributed by atoms with van der Waals surface area (Å²) in [6.07, 6.45) is 21.6. The van der Waals surface area contributed by atoms with Gasteiger partial charge in [0, 0.05) is 29.2 Å². The van der Waals surface area contributed by atoms with Crippen molar-refractivity contribution in [3.05, 3.63) is 53.7 Å². The van der Waals surface area contributed by atoms with Gasteiger partial charge < -0.3 is 9.47 Å². The van der Waals surface area contributed by atoms with Gasteiger partial charge in [-0.05, 0) is 30.9 Å². The van der Waals surface area contributed by atoms with Gasteiger partial charge in [0.25, 0.3) is 0 Å². The number of benzene rings is 1. The van der Waals surface area contributed by atoms with Crippen LogP contribution in [0.2, 0.25) is 0 Å². The van der Waals surface area contributed by atoms with Crippen molar-refractivity contribution in [1.29, 1.82) is 0 Å². The summed E-state index contributed by atoms with van der Waals surface area (Å²) < 4.78 is 27.4. The smallest absolute Gasteiger partial charge is 0.185 e. The standard InChI is InChI=1S/C37H58FNO2/c1-4-7-9-11-12-13-14-15-16-17-21-30-28-40-37(41-29-30)31-25-26-36(39-27-31)34-24-20-19-22-32(34)33(35(38)6-3)23-18-10-8-5-2/h19-20,22,24-27,30,33,35,37H,4-18,21,23,28-29H2,1-3H3/t30-,33?,35?,37-. The Balaban J connectivity index is 1.45. The van der Waals surface area contributed by atoms with Crippen LogP contribution >= 0.6 is 0 Å². The maximum atomic E-state index is 15.2. The van der Waals surface area contributed by atoms with E-state index in [-0.39, 0.29) is 12.2 Å². The number of aromatic nitrogens is 1. The maximum absolute atomic E-state index is 15.2. The molecule has 3 rings (SSSR count). The topological polar surface area (TPSA) is 31.4 Å². The van der Waals surface area contributed by atoms with Gasteiger partial charge in [-0.25, -0.2) is 4.39 Å². The second-order valence-electron chi connectivity index (χ2n) is 12.3. The van der Waals surface area contributed by atoms with Crippen molar-refractivity contribution in [2.45, 2.75) is 148 Å². The van der Waals surface area contributed by atoms with Gasteiger partial charge in [0.15, 0.2) is 6.29 Å². The number of nitrogens with zero attached hydrogens (tertiary/aromatic N) is 1. The molecule has 0 bridgehead atoms. The third-order valence-corrected chi connectivity index (χ3v) is 8.82. The summed E-state index contributed by atoms with van der Waals surface area (Å²) in [4.78, 5) is 4.80. The summed E-state index contributed by atoms with van der Waals surface area (Å²) in [5.41, 5.74) is 3.97. The van der Waals surface area contributed by atoms with Gasteiger partial charge in [0.1, 0.15) is 6.17 Å². The highest BCUT2D eigenvalue weighted by Gasteiger charge is 2.26. The fourth-order valence-corrected chi connectivity index (χ4v) is 6.19. The zero-order valence-electron chi connectivity index (χ0n) is 26.4. The molecule has 0 radical (unpaired) electrons. The normalized spacial score (nSPS) is 18.8. The van der Waals surface area contributed by atoms with E-state index in [9.17, 15) is 0 Å². The van der Waals surface area contributed by atoms with Crippen molar-refractivity contribution in [2.75, 3.05) is 13.2 Å². The summed E-state index contributed by atoms with van der Waals surface area (Å²) in [5.74, 6) is 0.396. The zero-order chi connectivity index (χ0) is 29.1. The van der Waals surface area contributed by atoms with Gasteiger partial charge in [0.05, 0.1) is 18.9 Å². The van der Waals surface area contributed by atoms with E-state index in [1.54, 1.807) is 0 Å². The van der Waals surface area contributed by atoms with Crippen molar-refractivity contribution in [1.82, 2.24) is 4.98 Å². The fraction of sp³-hybridized carbons (Fsp3) is 0.703. The van der Waals surface area contributed by atoms with Gasteiger partial charge in [0.2, 0.25) is 0 Å². The molecule has 1 saturated heterocycles. The fourth-order valence-electron chi connectivity index (χ4n) is 6.19. The quantitative estimate of drug-likeness (QED) is 0.141. The SMILES string of the molecule is CCCCCCCCCCCC[C@H]1CO[C@H](c2ccc(-c3ccccc3C(CCCCCC)C(F)CC)nc2)OC1. The minimum absolute atomic E-state index is 0.0907. The highest BCUT2D eigenvalue weighted by atomic mass is 19.1. The van der Waals surface area contributed by atoms with E-state index in [4.69, 9.17) is 14.5 Å². The average Bonchev–Trinajstić information content (AvgIpc) is 3.02. The Bertz CT molecular complexity index is 925. The Hall–Kier alpha value is -1.78. The van der Waals surface area contributed by atoms with Crippen molar-refractivity contribution in [3.8, 4) is 11.3 Å². The monoisotopic (exact) mass is 567 g/mol. The Morgan fingerprint density at radius 1 is 0.756 bits per heavy atom. The summed E-state index contributed by atoms with van der Waals surface area (Å²) in [7, 11) is 0. The average molecular weight is 568 g/mol. The largest absolute Gasteiger partial charge is 0.348 e. The third kappa shape index (κ3) is 11.8. The van der Waals surface area contributed by atoms with Crippen molar-refractivity contribution in [3.63, 3.8) is 0 Å². The van der Waals surface area contributed by atoms with Gasteiger partial charge in [-0.2, -0.15) is 0 Å². The molecule has 1 aliphatic rings. The number of hydrogen-bond acceptors (Lipinski definition) is 3. The molecule has 1 aromatic heterocycles. The second kappa shape index (κ2) is 20.2. The Morgan fingerprint density at radius 2 is 1.37 bits per heavy atom. The molecule has 1 fully saturated rings. The first-order valence-corrected chi connectivity index (χ1v) is 17.1. The second-order valence-corrected chi connectivity index (χ2v) is 12.3. The molecule has 2 unspecified atom stereocenters. The Kier molecular flexibility index (Phi) is 16.6. The lowest BCUT2D eigenvalue weighted by Crippen LogP contribution is -2.27. The highest BCUT2D eigenvalue weighted by molar-refractivity contribution is 5.64. The van der Waals surface area contributed by atoms with Crippen LogP contribution in [0.3, 0.4) is 0 Å². The molecule has 3 nitrogen and oxygen atoms in total. The first-order chi connectivity index (χ1) is 20.2. The van der Waals surface area contributed by atoms with Gasteiger partial charge >= 0.3 is 0 Å². The van der Waals surface area contributed by atoms with E-state index in [0.29, 0.717) is 12.3 Å². The molecule has 2 atom stereocenters. The highest BCUT2D eigenvalue weighted by Crippen LogP contribution is 2.36. The molecular weight excluding hydrogens is 509 g/mol. The summed E-state index contributed by atoms with van der Waals surface area (Å²) in [5, 5.41) is 0. The first-order valence-electron chi connectivity index (χ1n) is 17.1. The predicted octanol–water partition coefficient (Wildman–Crippen LogP) is 11.5. The number of ether oxygens (including phenoxy) is 2. The number of hydrogen-bond donors (Lipinski definition) is 0. The van der Waals surface area contributed by atoms with E-state index in [0.717, 1.165) is 48.4 Å².